The molecule has 2 N–H and O–H groups in total. The molecule has 3 rings (SSSR count). The Morgan fingerprint density at radius 3 is 2.23 bits per heavy atom. The number of aliphatic hydroxyl groups excluding tert-OH is 1. The Hall–Kier alpha value is -2.19. The Labute approximate surface area is 259 Å². The minimum Gasteiger partial charge on any atom is -0.458 e. The number of Topliss-reactive ketones (excluding diaryl/α,β-unsaturated/α-hetero) is 2. The van der Waals surface area contributed by atoms with E-state index in [0.29, 0.717) is 6.42 Å². The third-order valence-electron chi connectivity index (χ3n) is 9.89. The molecule has 13 heteroatoms. The van der Waals surface area contributed by atoms with Crippen LogP contribution < -0.4 is 5.32 Å². The first-order chi connectivity index (χ1) is 20.2. The van der Waals surface area contributed by atoms with Crippen LogP contribution >= 0.6 is 0 Å². The smallest absolute Gasteiger partial charge is 0.408 e. The zero-order valence-electron chi connectivity index (χ0n) is 27.8. The summed E-state index contributed by atoms with van der Waals surface area (Å²) >= 11 is 0. The Morgan fingerprint density at radius 1 is 1.07 bits per heavy atom. The van der Waals surface area contributed by atoms with E-state index in [1.165, 1.54) is 41.7 Å². The third-order valence-corrected chi connectivity index (χ3v) is 9.89. The zero-order chi connectivity index (χ0) is 33.5. The zero-order valence-corrected chi connectivity index (χ0v) is 27.8. The number of nitrogens with zero attached hydrogens (tertiary/aromatic N) is 1. The van der Waals surface area contributed by atoms with Crippen molar-refractivity contribution in [1.82, 2.24) is 10.2 Å². The van der Waals surface area contributed by atoms with Gasteiger partial charge in [0.05, 0.1) is 23.9 Å². The fraction of sp³-hybridized carbons (Fsp3) is 0.871. The van der Waals surface area contributed by atoms with Crippen molar-refractivity contribution in [2.75, 3.05) is 21.2 Å². The van der Waals surface area contributed by atoms with E-state index in [9.17, 15) is 24.3 Å². The summed E-state index contributed by atoms with van der Waals surface area (Å²) in [5.41, 5.74) is -5.69. The number of carbonyl (C=O) groups is 4. The average Bonchev–Trinajstić information content (AvgIpc) is 3.27. The van der Waals surface area contributed by atoms with Crippen molar-refractivity contribution in [3.8, 4) is 0 Å². The quantitative estimate of drug-likeness (QED) is 0.341. The van der Waals surface area contributed by atoms with Gasteiger partial charge in [-0.2, -0.15) is 0 Å². The molecule has 0 spiro atoms. The van der Waals surface area contributed by atoms with Gasteiger partial charge in [-0.25, -0.2) is 9.18 Å². The maximum atomic E-state index is 16.8. The SMILES string of the molecule is CC[C@H]1OC(=O)[C@H](C)C(=O)[C@H](C)[C@@H](O[C@@H]2O[C@H](C)C[C@H](N(C)C)[C@H]2O)[C@](C)(OC)C[C@](C)(F)C(=O)[C@H](C)[C@@H]2NC(=O)O[C@]12C. The van der Waals surface area contributed by atoms with Crippen molar-refractivity contribution in [3.63, 3.8) is 0 Å². The minimum absolute atomic E-state index is 0.188. The summed E-state index contributed by atoms with van der Waals surface area (Å²) in [6.45, 7) is 12.1. The highest BCUT2D eigenvalue weighted by Gasteiger charge is 2.59. The van der Waals surface area contributed by atoms with E-state index in [1.54, 1.807) is 6.92 Å². The number of hydrogen-bond acceptors (Lipinski definition) is 11. The number of methoxy groups -OCH3 is 1. The second-order valence-electron chi connectivity index (χ2n) is 13.6. The number of nitrogens with one attached hydrogen (secondary N) is 1. The molecule has 0 bridgehead atoms. The van der Waals surface area contributed by atoms with E-state index in [4.69, 9.17) is 23.7 Å². The minimum atomic E-state index is -2.54. The van der Waals surface area contributed by atoms with Gasteiger partial charge >= 0.3 is 12.1 Å². The lowest BCUT2D eigenvalue weighted by Crippen LogP contribution is -2.61. The molecule has 0 aliphatic carbocycles. The molecule has 3 aliphatic rings. The summed E-state index contributed by atoms with van der Waals surface area (Å²) in [6.07, 6.45) is -5.66. The number of likely N-dealkylation sites (N-methyl/N-ethyl adjacent to an activating group) is 1. The number of aliphatic hydroxyl groups is 1. The lowest BCUT2D eigenvalue weighted by Gasteiger charge is -2.47. The number of carbonyl (C=O) groups excluding carboxylic acids is 4. The van der Waals surface area contributed by atoms with Crippen LogP contribution in [0.25, 0.3) is 0 Å². The van der Waals surface area contributed by atoms with E-state index in [0.717, 1.165) is 6.92 Å². The lowest BCUT2D eigenvalue weighted by molar-refractivity contribution is -0.296. The highest BCUT2D eigenvalue weighted by atomic mass is 19.1. The number of ketones is 2. The molecule has 0 aromatic rings. The molecule has 44 heavy (non-hydrogen) atoms. The van der Waals surface area contributed by atoms with E-state index in [2.05, 4.69) is 5.32 Å². The number of alkyl halides is 1. The average molecular weight is 631 g/mol. The number of hydrogen-bond donors (Lipinski definition) is 2. The molecule has 3 aliphatic heterocycles. The predicted molar refractivity (Wildman–Crippen MR) is 156 cm³/mol. The number of amides is 1. The number of alkyl carbamates (subject to hydrolysis) is 1. The Balaban J connectivity index is 2.14. The van der Waals surface area contributed by atoms with Crippen molar-refractivity contribution >= 4 is 23.6 Å². The van der Waals surface area contributed by atoms with Gasteiger partial charge in [0.25, 0.3) is 0 Å². The molecule has 0 radical (unpaired) electrons. The van der Waals surface area contributed by atoms with Crippen LogP contribution in [0.3, 0.4) is 0 Å². The van der Waals surface area contributed by atoms with Gasteiger partial charge < -0.3 is 39.0 Å². The van der Waals surface area contributed by atoms with Crippen LogP contribution in [0.15, 0.2) is 0 Å². The largest absolute Gasteiger partial charge is 0.458 e. The van der Waals surface area contributed by atoms with Gasteiger partial charge in [-0.3, -0.25) is 14.4 Å². The van der Waals surface area contributed by atoms with Crippen molar-refractivity contribution in [2.24, 2.45) is 17.8 Å². The second kappa shape index (κ2) is 13.3. The normalized spacial score (nSPS) is 46.1. The molecule has 252 valence electrons. The molecule has 3 heterocycles. The summed E-state index contributed by atoms with van der Waals surface area (Å²) in [6, 6.07) is -1.38. The van der Waals surface area contributed by atoms with E-state index >= 15 is 4.39 Å². The fourth-order valence-corrected chi connectivity index (χ4v) is 7.21. The van der Waals surface area contributed by atoms with Gasteiger partial charge in [0.2, 0.25) is 0 Å². The molecule has 0 aromatic carbocycles. The molecule has 3 fully saturated rings. The van der Waals surface area contributed by atoms with Gasteiger partial charge in [0.15, 0.2) is 29.1 Å². The first kappa shape index (κ1) is 36.3. The second-order valence-corrected chi connectivity index (χ2v) is 13.6. The van der Waals surface area contributed by atoms with Crippen LogP contribution in [0.5, 0.6) is 0 Å². The summed E-state index contributed by atoms with van der Waals surface area (Å²) in [5.74, 6) is -5.78. The summed E-state index contributed by atoms with van der Waals surface area (Å²) in [7, 11) is 4.95. The molecular formula is C31H51FN2O10. The summed E-state index contributed by atoms with van der Waals surface area (Å²) < 4.78 is 46.3. The van der Waals surface area contributed by atoms with E-state index in [1.807, 2.05) is 25.9 Å². The number of ether oxygens (including phenoxy) is 5. The van der Waals surface area contributed by atoms with Gasteiger partial charge in [-0.15, -0.1) is 0 Å². The van der Waals surface area contributed by atoms with Crippen LogP contribution in [-0.4, -0.2) is 115 Å². The van der Waals surface area contributed by atoms with Gasteiger partial charge in [-0.05, 0) is 61.6 Å². The number of cyclic esters (lactones) is 1. The van der Waals surface area contributed by atoms with Crippen molar-refractivity contribution < 1.29 is 52.4 Å². The molecule has 3 saturated heterocycles. The lowest BCUT2D eigenvalue weighted by atomic mass is 9.72. The molecule has 0 aromatic heterocycles. The summed E-state index contributed by atoms with van der Waals surface area (Å²) in [5, 5.41) is 13.8. The maximum Gasteiger partial charge on any atom is 0.408 e. The van der Waals surface area contributed by atoms with Gasteiger partial charge in [0, 0.05) is 31.4 Å². The number of esters is 1. The fourth-order valence-electron chi connectivity index (χ4n) is 7.21. The van der Waals surface area contributed by atoms with Crippen LogP contribution in [0.1, 0.15) is 74.7 Å². The Bertz CT molecular complexity index is 1100. The topological polar surface area (TPSA) is 150 Å². The molecule has 0 saturated carbocycles. The Kier molecular flexibility index (Phi) is 10.9. The first-order valence-corrected chi connectivity index (χ1v) is 15.4. The van der Waals surface area contributed by atoms with Crippen LogP contribution in [0.4, 0.5) is 9.18 Å². The van der Waals surface area contributed by atoms with Crippen molar-refractivity contribution in [1.29, 1.82) is 0 Å². The highest BCUT2D eigenvalue weighted by Crippen LogP contribution is 2.42. The molecule has 0 unspecified atom stereocenters. The first-order valence-electron chi connectivity index (χ1n) is 15.4. The summed E-state index contributed by atoms with van der Waals surface area (Å²) in [4.78, 5) is 55.5. The predicted octanol–water partition coefficient (Wildman–Crippen LogP) is 2.57. The van der Waals surface area contributed by atoms with Crippen LogP contribution in [0, 0.1) is 17.8 Å². The molecular weight excluding hydrogens is 579 g/mol. The van der Waals surface area contributed by atoms with Crippen molar-refractivity contribution in [3.05, 3.63) is 0 Å². The number of fused-ring (bicyclic) bond motifs is 1. The monoisotopic (exact) mass is 630 g/mol. The van der Waals surface area contributed by atoms with E-state index < -0.39 is 95.3 Å². The Morgan fingerprint density at radius 2 is 1.68 bits per heavy atom. The van der Waals surface area contributed by atoms with Crippen LogP contribution in [-0.2, 0) is 38.1 Å². The maximum absolute atomic E-state index is 16.8. The van der Waals surface area contributed by atoms with Crippen molar-refractivity contribution in [2.45, 2.75) is 134 Å². The molecule has 12 nitrogen and oxygen atoms in total. The molecule has 1 amide bonds. The number of rotatable bonds is 5. The third kappa shape index (κ3) is 6.81. The van der Waals surface area contributed by atoms with E-state index in [-0.39, 0.29) is 18.6 Å². The van der Waals surface area contributed by atoms with Gasteiger partial charge in [0.1, 0.15) is 18.1 Å². The molecule has 13 atom stereocenters. The standard InChI is InChI=1S/C31H51FN2O10/c1-12-20-31(8)23(33-28(39)44-31)18(5)24(37)29(6,32)14-30(7,40-11)25(16(3)21(35)17(4)26(38)42-20)43-27-22(36)19(34(9)10)13-15(2)41-27/h15-20,22-23,25,27,36H,12-14H2,1-11H3,(H,33,39)/t15-,16+,17-,18-,19+,20-,22-,23+,25-,27+,29+,30-,31-/m1/s1. The van der Waals surface area contributed by atoms with Gasteiger partial charge in [-0.1, -0.05) is 20.8 Å². The van der Waals surface area contributed by atoms with Crippen LogP contribution in [0.2, 0.25) is 0 Å². The highest BCUT2D eigenvalue weighted by molar-refractivity contribution is 6.00. The number of halogens is 1.